The van der Waals surface area contributed by atoms with E-state index in [0.717, 1.165) is 28.7 Å². The molecule has 0 aliphatic heterocycles. The van der Waals surface area contributed by atoms with Crippen LogP contribution in [0.15, 0.2) is 35.8 Å². The van der Waals surface area contributed by atoms with Gasteiger partial charge in [0.05, 0.1) is 5.69 Å². The van der Waals surface area contributed by atoms with Crippen LogP contribution in [-0.2, 0) is 6.54 Å². The number of benzene rings is 1. The van der Waals surface area contributed by atoms with Crippen molar-refractivity contribution in [3.63, 3.8) is 0 Å². The molecule has 0 amide bonds. The van der Waals surface area contributed by atoms with Crippen molar-refractivity contribution in [1.29, 1.82) is 0 Å². The fourth-order valence-corrected chi connectivity index (χ4v) is 3.20. The Kier molecular flexibility index (Phi) is 3.90. The van der Waals surface area contributed by atoms with Crippen LogP contribution in [-0.4, -0.2) is 23.0 Å². The molecular formula is C15H17FN4S. The van der Waals surface area contributed by atoms with Gasteiger partial charge < -0.3 is 10.2 Å². The van der Waals surface area contributed by atoms with Crippen LogP contribution in [0, 0.1) is 5.82 Å². The number of aromatic nitrogens is 2. The van der Waals surface area contributed by atoms with Gasteiger partial charge in [-0.15, -0.1) is 11.3 Å². The number of anilines is 2. The van der Waals surface area contributed by atoms with E-state index in [4.69, 9.17) is 4.98 Å². The van der Waals surface area contributed by atoms with E-state index in [0.29, 0.717) is 6.54 Å². The lowest BCUT2D eigenvalue weighted by molar-refractivity contribution is 0.627. The number of thiazole rings is 1. The summed E-state index contributed by atoms with van der Waals surface area (Å²) in [6, 6.07) is 6.63. The lowest BCUT2D eigenvalue weighted by Gasteiger charge is -2.22. The van der Waals surface area contributed by atoms with Crippen molar-refractivity contribution in [1.82, 2.24) is 14.7 Å². The molecule has 4 nitrogen and oxygen atoms in total. The number of hydrogen-bond acceptors (Lipinski definition) is 4. The Morgan fingerprint density at radius 3 is 3.00 bits per heavy atom. The average molecular weight is 304 g/mol. The maximum absolute atomic E-state index is 13.5. The normalized spacial score (nSPS) is 11.2. The molecule has 1 aromatic carbocycles. The summed E-state index contributed by atoms with van der Waals surface area (Å²) in [5.41, 5.74) is 1.90. The molecular weight excluding hydrogens is 287 g/mol. The van der Waals surface area contributed by atoms with E-state index in [1.807, 2.05) is 36.5 Å². The molecule has 0 aliphatic rings. The van der Waals surface area contributed by atoms with Gasteiger partial charge in [0.15, 0.2) is 10.8 Å². The molecule has 3 aromatic rings. The molecule has 2 heterocycles. The van der Waals surface area contributed by atoms with E-state index in [1.54, 1.807) is 23.5 Å². The Balaban J connectivity index is 2.12. The molecule has 0 saturated heterocycles. The third-order valence-electron chi connectivity index (χ3n) is 3.38. The zero-order valence-corrected chi connectivity index (χ0v) is 12.8. The molecule has 0 saturated carbocycles. The SMILES string of the molecule is CCN(c1cccc(F)c1)c1nc2sccn2c1CNC. The molecule has 1 N–H and O–H groups in total. The number of rotatable bonds is 5. The number of halogens is 1. The van der Waals surface area contributed by atoms with Gasteiger partial charge in [-0.2, -0.15) is 0 Å². The second kappa shape index (κ2) is 5.83. The lowest BCUT2D eigenvalue weighted by atomic mass is 10.2. The van der Waals surface area contributed by atoms with E-state index in [2.05, 4.69) is 9.72 Å². The highest BCUT2D eigenvalue weighted by Crippen LogP contribution is 2.30. The van der Waals surface area contributed by atoms with Crippen molar-refractivity contribution >= 4 is 27.8 Å². The van der Waals surface area contributed by atoms with Crippen LogP contribution in [0.1, 0.15) is 12.6 Å². The van der Waals surface area contributed by atoms with E-state index in [-0.39, 0.29) is 5.82 Å². The van der Waals surface area contributed by atoms with Crippen molar-refractivity contribution in [2.24, 2.45) is 0 Å². The molecule has 21 heavy (non-hydrogen) atoms. The molecule has 110 valence electrons. The minimum atomic E-state index is -0.234. The summed E-state index contributed by atoms with van der Waals surface area (Å²) in [5.74, 6) is 0.645. The van der Waals surface area contributed by atoms with E-state index in [9.17, 15) is 4.39 Å². The van der Waals surface area contributed by atoms with E-state index >= 15 is 0 Å². The highest BCUT2D eigenvalue weighted by molar-refractivity contribution is 7.15. The minimum absolute atomic E-state index is 0.234. The fraction of sp³-hybridized carbons (Fsp3) is 0.267. The van der Waals surface area contributed by atoms with Gasteiger partial charge in [0.2, 0.25) is 0 Å². The van der Waals surface area contributed by atoms with E-state index < -0.39 is 0 Å². The van der Waals surface area contributed by atoms with Crippen molar-refractivity contribution < 1.29 is 4.39 Å². The lowest BCUT2D eigenvalue weighted by Crippen LogP contribution is -2.20. The minimum Gasteiger partial charge on any atom is -0.325 e. The molecule has 0 fully saturated rings. The highest BCUT2D eigenvalue weighted by atomic mass is 32.1. The predicted octanol–water partition coefficient (Wildman–Crippen LogP) is 3.41. The van der Waals surface area contributed by atoms with Crippen molar-refractivity contribution in [2.45, 2.75) is 13.5 Å². The summed E-state index contributed by atoms with van der Waals surface area (Å²) < 4.78 is 15.6. The second-order valence-electron chi connectivity index (χ2n) is 4.69. The van der Waals surface area contributed by atoms with Crippen molar-refractivity contribution in [3.05, 3.63) is 47.4 Å². The molecule has 0 spiro atoms. The summed E-state index contributed by atoms with van der Waals surface area (Å²) in [5, 5.41) is 5.19. The Morgan fingerprint density at radius 2 is 2.29 bits per heavy atom. The maximum Gasteiger partial charge on any atom is 0.195 e. The highest BCUT2D eigenvalue weighted by Gasteiger charge is 2.19. The Labute approximate surface area is 126 Å². The van der Waals surface area contributed by atoms with Gasteiger partial charge in [0.25, 0.3) is 0 Å². The van der Waals surface area contributed by atoms with Gasteiger partial charge in [-0.05, 0) is 32.2 Å². The predicted molar refractivity (Wildman–Crippen MR) is 84.9 cm³/mol. The van der Waals surface area contributed by atoms with Crippen molar-refractivity contribution in [3.8, 4) is 0 Å². The molecule has 0 atom stereocenters. The summed E-state index contributed by atoms with van der Waals surface area (Å²) in [6.07, 6.45) is 2.02. The number of fused-ring (bicyclic) bond motifs is 1. The second-order valence-corrected chi connectivity index (χ2v) is 5.57. The molecule has 0 radical (unpaired) electrons. The number of nitrogens with one attached hydrogen (secondary N) is 1. The van der Waals surface area contributed by atoms with Crippen LogP contribution in [0.25, 0.3) is 4.96 Å². The average Bonchev–Trinajstić information content (AvgIpc) is 3.04. The van der Waals surface area contributed by atoms with Crippen LogP contribution in [0.4, 0.5) is 15.9 Å². The molecule has 0 aliphatic carbocycles. The summed E-state index contributed by atoms with van der Waals surface area (Å²) in [4.78, 5) is 7.70. The van der Waals surface area contributed by atoms with Gasteiger partial charge >= 0.3 is 0 Å². The standard InChI is InChI=1S/C15H17FN4S/c1-3-19(12-6-4-5-11(16)9-12)14-13(10-17-2)20-7-8-21-15(20)18-14/h4-9,17H,3,10H2,1-2H3. The first kappa shape index (κ1) is 14.0. The van der Waals surface area contributed by atoms with Gasteiger partial charge in [0, 0.05) is 30.4 Å². The van der Waals surface area contributed by atoms with Gasteiger partial charge in [-0.3, -0.25) is 4.40 Å². The van der Waals surface area contributed by atoms with E-state index in [1.165, 1.54) is 6.07 Å². The Bertz CT molecular complexity index is 749. The first-order valence-electron chi connectivity index (χ1n) is 6.86. The Morgan fingerprint density at radius 1 is 1.43 bits per heavy atom. The summed E-state index contributed by atoms with van der Waals surface area (Å²) in [6.45, 7) is 3.48. The quantitative estimate of drug-likeness (QED) is 0.784. The molecule has 2 aromatic heterocycles. The smallest absolute Gasteiger partial charge is 0.195 e. The van der Waals surface area contributed by atoms with Crippen LogP contribution in [0.2, 0.25) is 0 Å². The maximum atomic E-state index is 13.5. The van der Waals surface area contributed by atoms with Crippen LogP contribution in [0.3, 0.4) is 0 Å². The van der Waals surface area contributed by atoms with Gasteiger partial charge in [0.1, 0.15) is 5.82 Å². The van der Waals surface area contributed by atoms with Crippen LogP contribution < -0.4 is 10.2 Å². The van der Waals surface area contributed by atoms with Crippen LogP contribution >= 0.6 is 11.3 Å². The zero-order chi connectivity index (χ0) is 14.8. The summed E-state index contributed by atoms with van der Waals surface area (Å²) >= 11 is 1.60. The third kappa shape index (κ3) is 2.52. The molecule has 6 heteroatoms. The zero-order valence-electron chi connectivity index (χ0n) is 12.0. The monoisotopic (exact) mass is 304 g/mol. The number of nitrogens with zero attached hydrogens (tertiary/aromatic N) is 3. The third-order valence-corrected chi connectivity index (χ3v) is 4.13. The largest absolute Gasteiger partial charge is 0.325 e. The molecule has 0 unspecified atom stereocenters. The fourth-order valence-electron chi connectivity index (χ4n) is 2.47. The topological polar surface area (TPSA) is 32.6 Å². The molecule has 3 rings (SSSR count). The molecule has 0 bridgehead atoms. The van der Waals surface area contributed by atoms with Crippen molar-refractivity contribution in [2.75, 3.05) is 18.5 Å². The first-order chi connectivity index (χ1) is 10.2. The first-order valence-corrected chi connectivity index (χ1v) is 7.74. The van der Waals surface area contributed by atoms with Gasteiger partial charge in [-0.25, -0.2) is 9.37 Å². The van der Waals surface area contributed by atoms with Crippen LogP contribution in [0.5, 0.6) is 0 Å². The Hall–Kier alpha value is -1.92. The number of hydrogen-bond donors (Lipinski definition) is 1. The number of imidazole rings is 1. The van der Waals surface area contributed by atoms with Gasteiger partial charge in [-0.1, -0.05) is 6.07 Å². The summed E-state index contributed by atoms with van der Waals surface area (Å²) in [7, 11) is 1.91.